The molecule has 0 spiro atoms. The molecule has 0 radical (unpaired) electrons. The molecule has 0 aliphatic carbocycles. The smallest absolute Gasteiger partial charge is 0.128 e. The van der Waals surface area contributed by atoms with Crippen LogP contribution in [0.1, 0.15) is 16.7 Å². The molecule has 1 nitrogen and oxygen atoms in total. The van der Waals surface area contributed by atoms with Gasteiger partial charge in [0.15, 0.2) is 0 Å². The van der Waals surface area contributed by atoms with Crippen molar-refractivity contribution in [3.63, 3.8) is 0 Å². The van der Waals surface area contributed by atoms with Crippen molar-refractivity contribution >= 4 is 17.3 Å². The minimum atomic E-state index is -0.199. The fourth-order valence-corrected chi connectivity index (χ4v) is 2.09. The number of benzene rings is 2. The average Bonchev–Trinajstić information content (AvgIpc) is 2.33. The maximum Gasteiger partial charge on any atom is 0.128 e. The van der Waals surface area contributed by atoms with Crippen molar-refractivity contribution in [2.45, 2.75) is 20.4 Å². The van der Waals surface area contributed by atoms with E-state index >= 15 is 0 Å². The number of nitrogens with one attached hydrogen (secondary N) is 1. The van der Waals surface area contributed by atoms with E-state index in [1.165, 1.54) is 6.07 Å². The van der Waals surface area contributed by atoms with Crippen molar-refractivity contribution < 1.29 is 4.39 Å². The van der Waals surface area contributed by atoms with Gasteiger partial charge >= 0.3 is 0 Å². The highest BCUT2D eigenvalue weighted by Crippen LogP contribution is 2.21. The summed E-state index contributed by atoms with van der Waals surface area (Å²) in [4.78, 5) is 0. The second kappa shape index (κ2) is 5.40. The van der Waals surface area contributed by atoms with Gasteiger partial charge in [-0.05, 0) is 43.2 Å². The molecule has 0 atom stereocenters. The van der Waals surface area contributed by atoms with Crippen LogP contribution >= 0.6 is 11.6 Å². The Bertz CT molecular complexity index is 566. The lowest BCUT2D eigenvalue weighted by Crippen LogP contribution is -2.02. The van der Waals surface area contributed by atoms with Gasteiger partial charge < -0.3 is 5.32 Å². The Kier molecular flexibility index (Phi) is 3.87. The second-order valence-electron chi connectivity index (χ2n) is 4.36. The van der Waals surface area contributed by atoms with E-state index in [4.69, 9.17) is 11.6 Å². The normalized spacial score (nSPS) is 10.4. The highest BCUT2D eigenvalue weighted by molar-refractivity contribution is 6.31. The molecule has 0 unspecified atom stereocenters. The topological polar surface area (TPSA) is 12.0 Å². The van der Waals surface area contributed by atoms with Crippen LogP contribution in [-0.2, 0) is 6.54 Å². The SMILES string of the molecule is Cc1ccc(CNc2cccc(F)c2C)c(Cl)c1. The number of aryl methyl sites for hydroxylation is 1. The Morgan fingerprint density at radius 1 is 1.17 bits per heavy atom. The summed E-state index contributed by atoms with van der Waals surface area (Å²) in [5.41, 5.74) is 3.56. The molecule has 18 heavy (non-hydrogen) atoms. The van der Waals surface area contributed by atoms with Crippen LogP contribution in [0.25, 0.3) is 0 Å². The van der Waals surface area contributed by atoms with Crippen LogP contribution in [0.2, 0.25) is 5.02 Å². The molecule has 0 amide bonds. The third-order valence-electron chi connectivity index (χ3n) is 2.95. The molecule has 1 N–H and O–H groups in total. The molecule has 0 bridgehead atoms. The Balaban J connectivity index is 2.14. The van der Waals surface area contributed by atoms with Gasteiger partial charge in [-0.1, -0.05) is 29.8 Å². The van der Waals surface area contributed by atoms with Crippen molar-refractivity contribution in [3.05, 3.63) is 63.9 Å². The van der Waals surface area contributed by atoms with E-state index in [1.54, 1.807) is 13.0 Å². The number of hydrogen-bond donors (Lipinski definition) is 1. The van der Waals surface area contributed by atoms with Gasteiger partial charge in [0.05, 0.1) is 0 Å². The molecule has 3 heteroatoms. The maximum absolute atomic E-state index is 13.4. The highest BCUT2D eigenvalue weighted by Gasteiger charge is 2.04. The van der Waals surface area contributed by atoms with E-state index in [9.17, 15) is 4.39 Å². The first-order chi connectivity index (χ1) is 8.58. The zero-order chi connectivity index (χ0) is 13.1. The Labute approximate surface area is 112 Å². The van der Waals surface area contributed by atoms with Crippen molar-refractivity contribution in [3.8, 4) is 0 Å². The second-order valence-corrected chi connectivity index (χ2v) is 4.77. The monoisotopic (exact) mass is 263 g/mol. The number of rotatable bonds is 3. The van der Waals surface area contributed by atoms with Crippen LogP contribution in [0.5, 0.6) is 0 Å². The summed E-state index contributed by atoms with van der Waals surface area (Å²) in [5.74, 6) is -0.199. The summed E-state index contributed by atoms with van der Waals surface area (Å²) < 4.78 is 13.4. The number of halogens is 2. The molecule has 0 saturated heterocycles. The number of anilines is 1. The molecule has 0 aliphatic heterocycles. The Hall–Kier alpha value is -1.54. The predicted octanol–water partition coefficient (Wildman–Crippen LogP) is 4.71. The highest BCUT2D eigenvalue weighted by atomic mass is 35.5. The van der Waals surface area contributed by atoms with Crippen molar-refractivity contribution in [1.29, 1.82) is 0 Å². The lowest BCUT2D eigenvalue weighted by molar-refractivity contribution is 0.619. The van der Waals surface area contributed by atoms with E-state index in [-0.39, 0.29) is 5.82 Å². The third-order valence-corrected chi connectivity index (χ3v) is 3.30. The molecule has 94 valence electrons. The molecule has 0 aromatic heterocycles. The van der Waals surface area contributed by atoms with Crippen molar-refractivity contribution in [2.75, 3.05) is 5.32 Å². The van der Waals surface area contributed by atoms with Gasteiger partial charge in [0, 0.05) is 22.8 Å². The molecule has 2 aromatic rings. The summed E-state index contributed by atoms with van der Waals surface area (Å²) in [6.07, 6.45) is 0. The first-order valence-corrected chi connectivity index (χ1v) is 6.20. The van der Waals surface area contributed by atoms with Gasteiger partial charge in [-0.3, -0.25) is 0 Å². The van der Waals surface area contributed by atoms with Crippen LogP contribution in [0.3, 0.4) is 0 Å². The predicted molar refractivity (Wildman–Crippen MR) is 74.7 cm³/mol. The quantitative estimate of drug-likeness (QED) is 0.846. The van der Waals surface area contributed by atoms with E-state index in [0.29, 0.717) is 12.1 Å². The van der Waals surface area contributed by atoms with Gasteiger partial charge in [0.1, 0.15) is 5.82 Å². The van der Waals surface area contributed by atoms with E-state index in [0.717, 1.165) is 21.8 Å². The number of hydrogen-bond acceptors (Lipinski definition) is 1. The molecule has 2 aromatic carbocycles. The van der Waals surface area contributed by atoms with Gasteiger partial charge in [0.2, 0.25) is 0 Å². The van der Waals surface area contributed by atoms with Crippen molar-refractivity contribution in [2.24, 2.45) is 0 Å². The molecule has 0 fully saturated rings. The first-order valence-electron chi connectivity index (χ1n) is 5.82. The minimum absolute atomic E-state index is 0.199. The maximum atomic E-state index is 13.4. The average molecular weight is 264 g/mol. The fourth-order valence-electron chi connectivity index (χ4n) is 1.79. The summed E-state index contributed by atoms with van der Waals surface area (Å²) >= 11 is 6.15. The van der Waals surface area contributed by atoms with E-state index in [1.807, 2.05) is 31.2 Å². The lowest BCUT2D eigenvalue weighted by Gasteiger charge is -2.11. The molecule has 0 saturated carbocycles. The zero-order valence-electron chi connectivity index (χ0n) is 10.4. The van der Waals surface area contributed by atoms with E-state index in [2.05, 4.69) is 5.32 Å². The van der Waals surface area contributed by atoms with Crippen LogP contribution < -0.4 is 5.32 Å². The van der Waals surface area contributed by atoms with Crippen LogP contribution in [0, 0.1) is 19.7 Å². The standard InChI is InChI=1S/C15H15ClFN/c1-10-6-7-12(13(16)8-10)9-18-15-5-3-4-14(17)11(15)2/h3-8,18H,9H2,1-2H3. The van der Waals surface area contributed by atoms with Crippen LogP contribution in [-0.4, -0.2) is 0 Å². The third kappa shape index (κ3) is 2.82. The van der Waals surface area contributed by atoms with Crippen molar-refractivity contribution in [1.82, 2.24) is 0 Å². The molecular formula is C15H15ClFN. The summed E-state index contributed by atoms with van der Waals surface area (Å²) in [6, 6.07) is 10.9. The zero-order valence-corrected chi connectivity index (χ0v) is 11.2. The van der Waals surface area contributed by atoms with Crippen LogP contribution in [0.4, 0.5) is 10.1 Å². The Morgan fingerprint density at radius 2 is 1.94 bits per heavy atom. The first kappa shape index (κ1) is 12.9. The Morgan fingerprint density at radius 3 is 2.67 bits per heavy atom. The van der Waals surface area contributed by atoms with E-state index < -0.39 is 0 Å². The molecular weight excluding hydrogens is 249 g/mol. The molecule has 0 heterocycles. The fraction of sp³-hybridized carbons (Fsp3) is 0.200. The summed E-state index contributed by atoms with van der Waals surface area (Å²) in [5, 5.41) is 3.94. The largest absolute Gasteiger partial charge is 0.381 e. The van der Waals surface area contributed by atoms with Gasteiger partial charge in [-0.25, -0.2) is 4.39 Å². The van der Waals surface area contributed by atoms with Gasteiger partial charge in [-0.2, -0.15) is 0 Å². The molecule has 2 rings (SSSR count). The summed E-state index contributed by atoms with van der Waals surface area (Å²) in [6.45, 7) is 4.34. The lowest BCUT2D eigenvalue weighted by atomic mass is 10.1. The van der Waals surface area contributed by atoms with Gasteiger partial charge in [0.25, 0.3) is 0 Å². The van der Waals surface area contributed by atoms with Gasteiger partial charge in [-0.15, -0.1) is 0 Å². The minimum Gasteiger partial charge on any atom is -0.381 e. The van der Waals surface area contributed by atoms with Crippen LogP contribution in [0.15, 0.2) is 36.4 Å². The molecule has 0 aliphatic rings. The summed E-state index contributed by atoms with van der Waals surface area (Å²) in [7, 11) is 0.